The molecule has 2 unspecified atom stereocenters. The third-order valence-corrected chi connectivity index (χ3v) is 8.71. The van der Waals surface area contributed by atoms with Crippen LogP contribution >= 0.6 is 0 Å². The number of aromatic amines is 2. The number of ether oxygens (including phenoxy) is 1. The Labute approximate surface area is 250 Å². The van der Waals surface area contributed by atoms with Gasteiger partial charge in [-0.1, -0.05) is 24.3 Å². The van der Waals surface area contributed by atoms with Crippen molar-refractivity contribution in [1.82, 2.24) is 29.7 Å². The van der Waals surface area contributed by atoms with Crippen LogP contribution in [0.5, 0.6) is 0 Å². The van der Waals surface area contributed by atoms with E-state index in [1.165, 1.54) is 27.2 Å². The van der Waals surface area contributed by atoms with Gasteiger partial charge in [0.2, 0.25) is 0 Å². The minimum Gasteiger partial charge on any atom is -0.465 e. The normalized spacial score (nSPS) is 19.5. The fraction of sp³-hybridized carbons (Fsp3) is 0.394. The van der Waals surface area contributed by atoms with Crippen LogP contribution in [-0.4, -0.2) is 65.7 Å². The largest absolute Gasteiger partial charge is 0.465 e. The number of hydrogen-bond donors (Lipinski definition) is 3. The molecule has 4 aromatic rings. The minimum atomic E-state index is -0.900. The summed E-state index contributed by atoms with van der Waals surface area (Å²) in [6, 6.07) is 12.6. The lowest BCUT2D eigenvalue weighted by molar-refractivity contribution is 0.0218. The van der Waals surface area contributed by atoms with Crippen LogP contribution in [-0.2, 0) is 11.2 Å². The fourth-order valence-corrected chi connectivity index (χ4v) is 6.72. The van der Waals surface area contributed by atoms with Gasteiger partial charge in [0.25, 0.3) is 0 Å². The van der Waals surface area contributed by atoms with E-state index in [4.69, 9.17) is 4.74 Å². The summed E-state index contributed by atoms with van der Waals surface area (Å²) in [5.41, 5.74) is 8.33. The highest BCUT2D eigenvalue weighted by atomic mass is 16.6. The van der Waals surface area contributed by atoms with Gasteiger partial charge in [-0.05, 0) is 98.4 Å². The van der Waals surface area contributed by atoms with Crippen molar-refractivity contribution in [2.24, 2.45) is 0 Å². The van der Waals surface area contributed by atoms with E-state index in [2.05, 4.69) is 56.3 Å². The second kappa shape index (κ2) is 10.3. The van der Waals surface area contributed by atoms with E-state index < -0.39 is 11.7 Å². The molecule has 3 N–H and O–H groups in total. The third-order valence-electron chi connectivity index (χ3n) is 8.71. The Kier molecular flexibility index (Phi) is 6.52. The highest BCUT2D eigenvalue weighted by molar-refractivity contribution is 5.82. The molecule has 0 saturated carbocycles. The van der Waals surface area contributed by atoms with Crippen LogP contribution in [0.15, 0.2) is 48.8 Å². The van der Waals surface area contributed by atoms with Gasteiger partial charge in [-0.25, -0.2) is 19.6 Å². The molecule has 2 aliphatic heterocycles. The first-order valence-electron chi connectivity index (χ1n) is 15.0. The molecule has 2 amide bonds. The standard InChI is InChI=1S/C33H36N6O4/c1-33(2,3)43-32(42)39-13-5-7-28(39)30-35-18-26(37-30)20-9-11-24-22(15-20)16-21-14-19(8-10-23(21)24)25-17-34-29(36-25)27-6-4-12-38(27)31(40)41/h8-11,14-15,17-18,27-28H,4-7,12-13,16H2,1-3H3,(H,34,36)(H,35,37)(H,40,41). The van der Waals surface area contributed by atoms with Crippen molar-refractivity contribution >= 4 is 12.2 Å². The second-order valence-corrected chi connectivity index (χ2v) is 12.8. The summed E-state index contributed by atoms with van der Waals surface area (Å²) in [7, 11) is 0. The third kappa shape index (κ3) is 5.04. The summed E-state index contributed by atoms with van der Waals surface area (Å²) in [5, 5.41) is 9.53. The summed E-state index contributed by atoms with van der Waals surface area (Å²) in [6.07, 6.45) is 6.67. The average Bonchev–Trinajstić information content (AvgIpc) is 3.79. The van der Waals surface area contributed by atoms with E-state index >= 15 is 0 Å². The summed E-state index contributed by atoms with van der Waals surface area (Å²) >= 11 is 0. The monoisotopic (exact) mass is 580 g/mol. The number of likely N-dealkylation sites (tertiary alicyclic amines) is 2. The van der Waals surface area contributed by atoms with Gasteiger partial charge in [-0.2, -0.15) is 0 Å². The zero-order valence-corrected chi connectivity index (χ0v) is 24.7. The zero-order valence-electron chi connectivity index (χ0n) is 24.7. The predicted octanol–water partition coefficient (Wildman–Crippen LogP) is 6.92. The van der Waals surface area contributed by atoms with Crippen molar-refractivity contribution in [3.05, 3.63) is 71.6 Å². The summed E-state index contributed by atoms with van der Waals surface area (Å²) in [6.45, 7) is 6.86. The highest BCUT2D eigenvalue weighted by Crippen LogP contribution is 2.41. The van der Waals surface area contributed by atoms with Crippen molar-refractivity contribution in [2.45, 2.75) is 70.6 Å². The van der Waals surface area contributed by atoms with Crippen molar-refractivity contribution in [3.63, 3.8) is 0 Å². The molecule has 2 aromatic heterocycles. The van der Waals surface area contributed by atoms with Crippen LogP contribution in [0.1, 0.15) is 81.3 Å². The Bertz CT molecular complexity index is 1720. The van der Waals surface area contributed by atoms with E-state index in [-0.39, 0.29) is 18.2 Å². The Balaban J connectivity index is 1.09. The van der Waals surface area contributed by atoms with Crippen LogP contribution in [0.4, 0.5) is 9.59 Å². The lowest BCUT2D eigenvalue weighted by atomic mass is 10.0. The lowest BCUT2D eigenvalue weighted by Gasteiger charge is -2.27. The van der Waals surface area contributed by atoms with E-state index in [0.29, 0.717) is 18.9 Å². The molecule has 2 saturated heterocycles. The molecule has 0 spiro atoms. The number of carboxylic acid groups (broad SMARTS) is 1. The molecule has 3 aliphatic rings. The van der Waals surface area contributed by atoms with Gasteiger partial charge in [0.15, 0.2) is 0 Å². The molecule has 0 bridgehead atoms. The van der Waals surface area contributed by atoms with Gasteiger partial charge in [0, 0.05) is 13.1 Å². The zero-order chi connectivity index (χ0) is 29.9. The number of nitrogens with zero attached hydrogens (tertiary/aromatic N) is 4. The molecule has 4 heterocycles. The number of carbonyl (C=O) groups is 2. The van der Waals surface area contributed by atoms with E-state index in [0.717, 1.165) is 60.4 Å². The number of carbonyl (C=O) groups excluding carboxylic acids is 1. The van der Waals surface area contributed by atoms with Crippen LogP contribution < -0.4 is 0 Å². The Morgan fingerprint density at radius 1 is 0.837 bits per heavy atom. The number of H-pyrrole nitrogens is 2. The SMILES string of the molecule is CC(C)(C)OC(=O)N1CCCC1c1ncc(-c2ccc3c(c2)Cc2cc(-c4cnc(C5CCCN5C(=O)O)[nH]4)ccc2-3)[nH]1. The predicted molar refractivity (Wildman–Crippen MR) is 161 cm³/mol. The number of benzene rings is 2. The van der Waals surface area contributed by atoms with E-state index in [9.17, 15) is 14.7 Å². The van der Waals surface area contributed by atoms with Gasteiger partial charge >= 0.3 is 12.2 Å². The first-order chi connectivity index (χ1) is 20.6. The Hall–Kier alpha value is -4.60. The van der Waals surface area contributed by atoms with Gasteiger partial charge in [-0.3, -0.25) is 9.80 Å². The first kappa shape index (κ1) is 27.2. The quantitative estimate of drug-likeness (QED) is 0.212. The molecule has 222 valence electrons. The summed E-state index contributed by atoms with van der Waals surface area (Å²) in [4.78, 5) is 43.8. The molecule has 2 fully saturated rings. The summed E-state index contributed by atoms with van der Waals surface area (Å²) < 4.78 is 5.64. The Morgan fingerprint density at radius 2 is 1.35 bits per heavy atom. The van der Waals surface area contributed by atoms with Crippen LogP contribution in [0.2, 0.25) is 0 Å². The molecular formula is C33H36N6O4. The molecular weight excluding hydrogens is 544 g/mol. The molecule has 2 aromatic carbocycles. The molecule has 10 heteroatoms. The van der Waals surface area contributed by atoms with Crippen LogP contribution in [0.3, 0.4) is 0 Å². The Morgan fingerprint density at radius 3 is 1.86 bits per heavy atom. The molecule has 10 nitrogen and oxygen atoms in total. The number of imidazole rings is 2. The number of aromatic nitrogens is 4. The highest BCUT2D eigenvalue weighted by Gasteiger charge is 2.35. The van der Waals surface area contributed by atoms with Crippen molar-refractivity contribution < 1.29 is 19.4 Å². The molecule has 1 aliphatic carbocycles. The van der Waals surface area contributed by atoms with Crippen molar-refractivity contribution in [3.8, 4) is 33.6 Å². The van der Waals surface area contributed by atoms with E-state index in [1.807, 2.05) is 27.0 Å². The average molecular weight is 581 g/mol. The van der Waals surface area contributed by atoms with Crippen LogP contribution in [0, 0.1) is 0 Å². The smallest absolute Gasteiger partial charge is 0.410 e. The fourth-order valence-electron chi connectivity index (χ4n) is 6.72. The number of hydrogen-bond acceptors (Lipinski definition) is 5. The molecule has 43 heavy (non-hydrogen) atoms. The van der Waals surface area contributed by atoms with Gasteiger partial charge in [0.05, 0.1) is 35.9 Å². The minimum absolute atomic E-state index is 0.121. The van der Waals surface area contributed by atoms with Gasteiger partial charge < -0.3 is 19.8 Å². The number of amides is 2. The molecule has 7 rings (SSSR count). The maximum absolute atomic E-state index is 12.8. The summed E-state index contributed by atoms with van der Waals surface area (Å²) in [5.74, 6) is 1.49. The van der Waals surface area contributed by atoms with Crippen molar-refractivity contribution in [2.75, 3.05) is 13.1 Å². The van der Waals surface area contributed by atoms with Gasteiger partial charge in [-0.15, -0.1) is 0 Å². The molecule has 0 radical (unpaired) electrons. The number of fused-ring (bicyclic) bond motifs is 3. The number of nitrogens with one attached hydrogen (secondary N) is 2. The second-order valence-electron chi connectivity index (χ2n) is 12.8. The van der Waals surface area contributed by atoms with Gasteiger partial charge in [0.1, 0.15) is 17.2 Å². The maximum Gasteiger partial charge on any atom is 0.410 e. The topological polar surface area (TPSA) is 127 Å². The first-order valence-corrected chi connectivity index (χ1v) is 15.0. The van der Waals surface area contributed by atoms with Crippen LogP contribution in [0.25, 0.3) is 33.6 Å². The van der Waals surface area contributed by atoms with E-state index in [1.54, 1.807) is 11.1 Å². The lowest BCUT2D eigenvalue weighted by Crippen LogP contribution is -2.36. The molecule has 2 atom stereocenters. The number of rotatable bonds is 4. The maximum atomic E-state index is 12.8. The van der Waals surface area contributed by atoms with Crippen molar-refractivity contribution in [1.29, 1.82) is 0 Å².